The lowest BCUT2D eigenvalue weighted by Crippen LogP contribution is -2.24. The SMILES string of the molecule is C=C/C(=C\C(=C/C)C(=C)/C=c1/c(-c2cc3c(-c4ccc(F)cc4)cccc3[nH]2)n[nH]/c1=C/C)CNCC1CCCC1. The summed E-state index contributed by atoms with van der Waals surface area (Å²) in [5.74, 6) is 0.553. The second-order valence-corrected chi connectivity index (χ2v) is 10.8. The number of H-pyrrole nitrogens is 2. The molecule has 1 fully saturated rings. The van der Waals surface area contributed by atoms with E-state index in [1.807, 2.05) is 50.3 Å². The molecule has 0 bridgehead atoms. The van der Waals surface area contributed by atoms with Gasteiger partial charge in [-0.2, -0.15) is 5.10 Å². The lowest BCUT2D eigenvalue weighted by atomic mass is 10.0. The summed E-state index contributed by atoms with van der Waals surface area (Å²) in [6.07, 6.45) is 15.7. The van der Waals surface area contributed by atoms with Crippen LogP contribution < -0.4 is 15.9 Å². The van der Waals surface area contributed by atoms with E-state index in [1.54, 1.807) is 0 Å². The van der Waals surface area contributed by atoms with Gasteiger partial charge in [-0.25, -0.2) is 4.39 Å². The molecule has 1 saturated carbocycles. The second-order valence-electron chi connectivity index (χ2n) is 10.8. The molecule has 2 aromatic carbocycles. The molecule has 5 rings (SSSR count). The molecular formula is C36H39FN4. The number of aromatic amines is 2. The Kier molecular flexibility index (Phi) is 8.95. The van der Waals surface area contributed by atoms with Crippen molar-refractivity contribution < 1.29 is 4.39 Å². The van der Waals surface area contributed by atoms with E-state index in [-0.39, 0.29) is 5.82 Å². The maximum Gasteiger partial charge on any atom is 0.123 e. The van der Waals surface area contributed by atoms with E-state index in [4.69, 9.17) is 0 Å². The highest BCUT2D eigenvalue weighted by atomic mass is 19.1. The first-order valence-electron chi connectivity index (χ1n) is 14.5. The number of benzene rings is 2. The van der Waals surface area contributed by atoms with Crippen LogP contribution in [0.15, 0.2) is 96.6 Å². The third-order valence-electron chi connectivity index (χ3n) is 8.04. The van der Waals surface area contributed by atoms with Crippen LogP contribution in [-0.2, 0) is 0 Å². The maximum atomic E-state index is 13.6. The van der Waals surface area contributed by atoms with Gasteiger partial charge in [-0.15, -0.1) is 0 Å². The van der Waals surface area contributed by atoms with Crippen LogP contribution in [0.1, 0.15) is 39.5 Å². The molecule has 2 aromatic heterocycles. The van der Waals surface area contributed by atoms with Crippen molar-refractivity contribution in [3.05, 3.63) is 113 Å². The molecule has 0 aliphatic heterocycles. The average Bonchev–Trinajstić information content (AvgIpc) is 3.75. The fourth-order valence-corrected chi connectivity index (χ4v) is 5.74. The quantitative estimate of drug-likeness (QED) is 0.182. The molecule has 0 unspecified atom stereocenters. The molecule has 4 nitrogen and oxygen atoms in total. The minimum Gasteiger partial charge on any atom is -0.353 e. The van der Waals surface area contributed by atoms with E-state index in [9.17, 15) is 4.39 Å². The number of halogens is 1. The Morgan fingerprint density at radius 3 is 2.61 bits per heavy atom. The highest BCUT2D eigenvalue weighted by molar-refractivity contribution is 5.98. The topological polar surface area (TPSA) is 56.5 Å². The normalized spacial score (nSPS) is 15.8. The van der Waals surface area contributed by atoms with Crippen molar-refractivity contribution >= 4 is 23.1 Å². The minimum atomic E-state index is -0.244. The van der Waals surface area contributed by atoms with Crippen molar-refractivity contribution in [3.63, 3.8) is 0 Å². The van der Waals surface area contributed by atoms with Crippen molar-refractivity contribution in [2.75, 3.05) is 13.1 Å². The van der Waals surface area contributed by atoms with Crippen LogP contribution in [0.25, 0.3) is 45.6 Å². The summed E-state index contributed by atoms with van der Waals surface area (Å²) in [6.45, 7) is 14.4. The molecule has 1 aliphatic rings. The molecule has 3 N–H and O–H groups in total. The number of allylic oxidation sites excluding steroid dienone is 4. The van der Waals surface area contributed by atoms with Gasteiger partial charge in [0.1, 0.15) is 11.5 Å². The summed E-state index contributed by atoms with van der Waals surface area (Å²) in [5.41, 5.74) is 7.81. The second kappa shape index (κ2) is 13.0. The van der Waals surface area contributed by atoms with E-state index in [0.717, 1.165) is 79.7 Å². The van der Waals surface area contributed by atoms with E-state index < -0.39 is 0 Å². The van der Waals surface area contributed by atoms with Gasteiger partial charge in [0.2, 0.25) is 0 Å². The van der Waals surface area contributed by atoms with Crippen LogP contribution in [0.5, 0.6) is 0 Å². The van der Waals surface area contributed by atoms with E-state index in [2.05, 4.69) is 64.0 Å². The number of hydrogen-bond donors (Lipinski definition) is 3. The molecule has 0 spiro atoms. The lowest BCUT2D eigenvalue weighted by Gasteiger charge is -2.11. The molecule has 0 amide bonds. The Labute approximate surface area is 241 Å². The highest BCUT2D eigenvalue weighted by Crippen LogP contribution is 2.31. The first-order chi connectivity index (χ1) is 20.0. The monoisotopic (exact) mass is 546 g/mol. The van der Waals surface area contributed by atoms with Gasteiger partial charge in [0.05, 0.1) is 11.0 Å². The van der Waals surface area contributed by atoms with Crippen molar-refractivity contribution in [2.45, 2.75) is 39.5 Å². The van der Waals surface area contributed by atoms with Crippen LogP contribution in [0.2, 0.25) is 0 Å². The van der Waals surface area contributed by atoms with Gasteiger partial charge in [0.15, 0.2) is 0 Å². The Hall–Kier alpha value is -4.22. The Morgan fingerprint density at radius 2 is 1.90 bits per heavy atom. The van der Waals surface area contributed by atoms with Crippen LogP contribution in [-0.4, -0.2) is 28.3 Å². The number of fused-ring (bicyclic) bond motifs is 1. The molecule has 0 atom stereocenters. The zero-order valence-corrected chi connectivity index (χ0v) is 24.1. The van der Waals surface area contributed by atoms with Crippen molar-refractivity contribution in [2.24, 2.45) is 5.92 Å². The van der Waals surface area contributed by atoms with Crippen molar-refractivity contribution in [1.29, 1.82) is 0 Å². The fourth-order valence-electron chi connectivity index (χ4n) is 5.74. The first-order valence-corrected chi connectivity index (χ1v) is 14.5. The summed E-state index contributed by atoms with van der Waals surface area (Å²) in [4.78, 5) is 3.55. The fraction of sp³-hybridized carbons (Fsp3) is 0.250. The third-order valence-corrected chi connectivity index (χ3v) is 8.04. The third kappa shape index (κ3) is 6.41. The molecule has 2 heterocycles. The Morgan fingerprint density at radius 1 is 1.12 bits per heavy atom. The predicted octanol–water partition coefficient (Wildman–Crippen LogP) is 7.34. The van der Waals surface area contributed by atoms with Crippen molar-refractivity contribution in [1.82, 2.24) is 20.5 Å². The molecular weight excluding hydrogens is 507 g/mol. The minimum absolute atomic E-state index is 0.244. The van der Waals surface area contributed by atoms with E-state index in [1.165, 1.54) is 37.8 Å². The average molecular weight is 547 g/mol. The molecule has 41 heavy (non-hydrogen) atoms. The van der Waals surface area contributed by atoms with Crippen LogP contribution >= 0.6 is 0 Å². The molecule has 5 heteroatoms. The smallest absolute Gasteiger partial charge is 0.123 e. The number of rotatable bonds is 10. The lowest BCUT2D eigenvalue weighted by molar-refractivity contribution is 0.503. The van der Waals surface area contributed by atoms with Crippen molar-refractivity contribution in [3.8, 4) is 22.5 Å². The molecule has 1 aliphatic carbocycles. The zero-order chi connectivity index (χ0) is 28.8. The van der Waals surface area contributed by atoms with Crippen LogP contribution in [0.4, 0.5) is 4.39 Å². The van der Waals surface area contributed by atoms with Gasteiger partial charge in [0.25, 0.3) is 0 Å². The number of nitrogens with zero attached hydrogens (tertiary/aromatic N) is 1. The number of hydrogen-bond acceptors (Lipinski definition) is 2. The van der Waals surface area contributed by atoms with E-state index >= 15 is 0 Å². The first kappa shape index (κ1) is 28.3. The predicted molar refractivity (Wildman–Crippen MR) is 171 cm³/mol. The number of nitrogens with one attached hydrogen (secondary N) is 3. The van der Waals surface area contributed by atoms with Gasteiger partial charge in [-0.3, -0.25) is 5.10 Å². The highest BCUT2D eigenvalue weighted by Gasteiger charge is 2.15. The van der Waals surface area contributed by atoms with Gasteiger partial charge >= 0.3 is 0 Å². The summed E-state index contributed by atoms with van der Waals surface area (Å²) < 4.78 is 13.6. The molecule has 0 saturated heterocycles. The van der Waals surface area contributed by atoms with Gasteiger partial charge < -0.3 is 10.3 Å². The maximum absolute atomic E-state index is 13.6. The summed E-state index contributed by atoms with van der Waals surface area (Å²) in [7, 11) is 0. The number of aromatic nitrogens is 3. The molecule has 4 aromatic rings. The van der Waals surface area contributed by atoms with Gasteiger partial charge in [-0.1, -0.05) is 74.6 Å². The largest absolute Gasteiger partial charge is 0.353 e. The van der Waals surface area contributed by atoms with E-state index in [0.29, 0.717) is 0 Å². The van der Waals surface area contributed by atoms with Crippen LogP contribution in [0.3, 0.4) is 0 Å². The van der Waals surface area contributed by atoms with Gasteiger partial charge in [-0.05, 0) is 97.3 Å². The summed E-state index contributed by atoms with van der Waals surface area (Å²) >= 11 is 0. The molecule has 0 radical (unpaired) electrons. The Bertz CT molecular complexity index is 1720. The summed E-state index contributed by atoms with van der Waals surface area (Å²) in [5, 5.41) is 14.5. The Balaban J connectivity index is 1.46. The zero-order valence-electron chi connectivity index (χ0n) is 24.1. The standard InChI is InChI=1S/C36H39FN4/c1-5-25(22-38-23-26-11-8-9-12-26)20-27(6-2)24(4)19-32-33(7-3)40-41-36(32)35-21-31-30(13-10-14-34(31)39-35)28-15-17-29(37)18-16-28/h5-7,10,13-21,26,38-40H,1,4,8-9,11-12,22-23H2,2-3H3/b25-20+,27-6+,32-19+,33-7+. The van der Waals surface area contributed by atoms with Gasteiger partial charge in [0, 0.05) is 22.7 Å². The van der Waals surface area contributed by atoms with Crippen LogP contribution in [0, 0.1) is 11.7 Å². The molecule has 210 valence electrons. The summed E-state index contributed by atoms with van der Waals surface area (Å²) in [6, 6.07) is 14.8.